The van der Waals surface area contributed by atoms with Gasteiger partial charge >= 0.3 is 0 Å². The fourth-order valence-corrected chi connectivity index (χ4v) is 6.93. The molecule has 53 heavy (non-hydrogen) atoms. The Bertz CT molecular complexity index is 2110. The number of carbonyl (C=O) groups excluding carboxylic acids is 6. The molecule has 2 saturated heterocycles. The Morgan fingerprint density at radius 3 is 2.45 bits per heavy atom. The van der Waals surface area contributed by atoms with Crippen LogP contribution in [0.15, 0.2) is 60.7 Å². The van der Waals surface area contributed by atoms with Crippen molar-refractivity contribution < 1.29 is 33.5 Å². The first-order valence-corrected chi connectivity index (χ1v) is 17.7. The van der Waals surface area contributed by atoms with Gasteiger partial charge in [0.2, 0.25) is 11.8 Å². The van der Waals surface area contributed by atoms with Crippen LogP contribution >= 0.6 is 0 Å². The number of rotatable bonds is 13. The summed E-state index contributed by atoms with van der Waals surface area (Å²) in [6.45, 7) is 5.21. The van der Waals surface area contributed by atoms with E-state index < -0.39 is 29.7 Å². The van der Waals surface area contributed by atoms with Gasteiger partial charge in [-0.3, -0.25) is 43.9 Å². The van der Waals surface area contributed by atoms with E-state index in [1.165, 1.54) is 18.9 Å². The van der Waals surface area contributed by atoms with Crippen molar-refractivity contribution in [2.75, 3.05) is 43.5 Å². The topological polar surface area (TPSA) is 195 Å². The van der Waals surface area contributed by atoms with Gasteiger partial charge in [0.05, 0.1) is 41.9 Å². The highest BCUT2D eigenvalue weighted by molar-refractivity contribution is 6.23. The van der Waals surface area contributed by atoms with Gasteiger partial charge in [0.1, 0.15) is 11.9 Å². The first kappa shape index (κ1) is 35.5. The molecule has 15 nitrogen and oxygen atoms in total. The number of hydrogen-bond acceptors (Lipinski definition) is 10. The average molecular weight is 721 g/mol. The van der Waals surface area contributed by atoms with Gasteiger partial charge < -0.3 is 25.7 Å². The summed E-state index contributed by atoms with van der Waals surface area (Å²) in [5.41, 5.74) is 3.95. The molecule has 5 N–H and O–H groups in total. The molecule has 274 valence electrons. The minimum atomic E-state index is -1.02. The predicted molar refractivity (Wildman–Crippen MR) is 194 cm³/mol. The van der Waals surface area contributed by atoms with Crippen molar-refractivity contribution in [1.29, 1.82) is 0 Å². The molecule has 6 amide bonds. The Kier molecular flexibility index (Phi) is 10.3. The van der Waals surface area contributed by atoms with Gasteiger partial charge in [-0.25, -0.2) is 4.98 Å². The normalized spacial score (nSPS) is 18.7. The number of aromatic amines is 1. The summed E-state index contributed by atoms with van der Waals surface area (Å²) in [6, 6.07) is 16.3. The summed E-state index contributed by atoms with van der Waals surface area (Å²) in [4.78, 5) is 87.0. The van der Waals surface area contributed by atoms with Crippen LogP contribution in [0.25, 0.3) is 11.0 Å². The molecule has 7 rings (SSSR count). The third kappa shape index (κ3) is 7.80. The van der Waals surface area contributed by atoms with Crippen LogP contribution < -0.4 is 21.3 Å². The Morgan fingerprint density at radius 1 is 0.887 bits per heavy atom. The molecule has 0 radical (unpaired) electrons. The van der Waals surface area contributed by atoms with Crippen molar-refractivity contribution in [2.45, 2.75) is 51.2 Å². The molecule has 3 aliphatic rings. The minimum Gasteiger partial charge on any atom is -0.383 e. The Balaban J connectivity index is 0.836. The molecule has 1 unspecified atom stereocenters. The lowest BCUT2D eigenvalue weighted by atomic mass is 10.0. The molecule has 0 saturated carbocycles. The number of carbonyl (C=O) groups is 6. The highest BCUT2D eigenvalue weighted by Gasteiger charge is 2.44. The van der Waals surface area contributed by atoms with E-state index in [0.29, 0.717) is 41.7 Å². The summed E-state index contributed by atoms with van der Waals surface area (Å²) in [5.74, 6) is -2.02. The number of amides is 6. The third-order valence-corrected chi connectivity index (χ3v) is 9.77. The molecule has 2 atom stereocenters. The van der Waals surface area contributed by atoms with E-state index in [1.807, 2.05) is 18.2 Å². The molecule has 1 aromatic heterocycles. The van der Waals surface area contributed by atoms with E-state index >= 15 is 0 Å². The first-order valence-electron chi connectivity index (χ1n) is 17.7. The zero-order chi connectivity index (χ0) is 37.1. The molecule has 0 spiro atoms. The van der Waals surface area contributed by atoms with E-state index in [0.717, 1.165) is 34.8 Å². The summed E-state index contributed by atoms with van der Waals surface area (Å²) < 4.78 is 5.64. The van der Waals surface area contributed by atoms with Gasteiger partial charge in [0, 0.05) is 48.1 Å². The van der Waals surface area contributed by atoms with E-state index in [1.54, 1.807) is 36.4 Å². The molecule has 0 aliphatic carbocycles. The van der Waals surface area contributed by atoms with Crippen LogP contribution in [0.1, 0.15) is 79.9 Å². The lowest BCUT2D eigenvalue weighted by Gasteiger charge is -2.27. The van der Waals surface area contributed by atoms with Gasteiger partial charge in [0.25, 0.3) is 23.6 Å². The second kappa shape index (κ2) is 15.4. The predicted octanol–water partition coefficient (Wildman–Crippen LogP) is 3.06. The highest BCUT2D eigenvalue weighted by Crippen LogP contribution is 2.29. The summed E-state index contributed by atoms with van der Waals surface area (Å²) in [6.07, 6.45) is 2.54. The lowest BCUT2D eigenvalue weighted by Crippen LogP contribution is -2.54. The maximum absolute atomic E-state index is 13.1. The van der Waals surface area contributed by atoms with Crippen molar-refractivity contribution >= 4 is 57.9 Å². The second-order valence-corrected chi connectivity index (χ2v) is 13.4. The van der Waals surface area contributed by atoms with E-state index in [2.05, 4.69) is 38.1 Å². The second-order valence-electron chi connectivity index (χ2n) is 13.4. The number of nitrogens with zero attached hydrogens (tertiary/aromatic N) is 3. The number of benzene rings is 3. The number of H-pyrrole nitrogens is 1. The molecule has 3 aliphatic heterocycles. The van der Waals surface area contributed by atoms with Crippen molar-refractivity contribution in [2.24, 2.45) is 0 Å². The van der Waals surface area contributed by atoms with Gasteiger partial charge in [-0.15, -0.1) is 0 Å². The molecule has 3 aromatic carbocycles. The summed E-state index contributed by atoms with van der Waals surface area (Å²) >= 11 is 0. The lowest BCUT2D eigenvalue weighted by molar-refractivity contribution is -0.136. The van der Waals surface area contributed by atoms with Crippen LogP contribution in [0, 0.1) is 0 Å². The number of likely N-dealkylation sites (tertiary alicyclic amines) is 1. The fourth-order valence-electron chi connectivity index (χ4n) is 6.93. The first-order chi connectivity index (χ1) is 25.6. The zero-order valence-electron chi connectivity index (χ0n) is 29.2. The van der Waals surface area contributed by atoms with Crippen molar-refractivity contribution in [1.82, 2.24) is 30.4 Å². The monoisotopic (exact) mass is 720 g/mol. The summed E-state index contributed by atoms with van der Waals surface area (Å²) in [7, 11) is 0. The maximum Gasteiger partial charge on any atom is 0.262 e. The molecular weight excluding hydrogens is 680 g/mol. The van der Waals surface area contributed by atoms with Gasteiger partial charge in [-0.05, 0) is 87.3 Å². The van der Waals surface area contributed by atoms with Gasteiger partial charge in [0.15, 0.2) is 0 Å². The highest BCUT2D eigenvalue weighted by atomic mass is 16.5. The van der Waals surface area contributed by atoms with Crippen LogP contribution in [-0.2, 0) is 20.9 Å². The minimum absolute atomic E-state index is 0.0530. The molecule has 4 heterocycles. The van der Waals surface area contributed by atoms with Crippen LogP contribution in [0.4, 0.5) is 11.4 Å². The Hall–Kier alpha value is -5.93. The maximum atomic E-state index is 13.1. The van der Waals surface area contributed by atoms with E-state index in [4.69, 9.17) is 9.72 Å². The molecule has 2 fully saturated rings. The van der Waals surface area contributed by atoms with Gasteiger partial charge in [-0.1, -0.05) is 6.07 Å². The fraction of sp³-hybridized carbons (Fsp3) is 0.342. The molecular formula is C38H40N8O7. The van der Waals surface area contributed by atoms with Crippen LogP contribution in [0.2, 0.25) is 0 Å². The number of imide groups is 2. The standard InChI is InChI=1S/C38H40N8O7/c1-22-4-3-15-45(22)21-32-42-29-10-8-26(20-30(29)43-32)41-35(49)24-6-2-5-23(18-24)34(48)40-14-17-53-16-13-39-25-7-9-27-28(19-25)38(52)46(37(27)51)31-11-12-33(47)44-36(31)50/h2,5-10,18-20,22,31,39H,3-4,11-17,21H2,1H3,(H,40,48)(H,41,49)(H,42,43)(H,44,47,50)/t22-,31?/m0/s1. The van der Waals surface area contributed by atoms with Crippen LogP contribution in [-0.4, -0.2) is 100 Å². The van der Waals surface area contributed by atoms with E-state index in [-0.39, 0.29) is 48.9 Å². The number of imidazole rings is 1. The Morgan fingerprint density at radius 2 is 1.66 bits per heavy atom. The number of nitrogens with one attached hydrogen (secondary N) is 5. The quantitative estimate of drug-likeness (QED) is 0.101. The number of hydrogen-bond donors (Lipinski definition) is 5. The van der Waals surface area contributed by atoms with Crippen LogP contribution in [0.3, 0.4) is 0 Å². The van der Waals surface area contributed by atoms with Crippen molar-refractivity contribution in [3.8, 4) is 0 Å². The zero-order valence-corrected chi connectivity index (χ0v) is 29.2. The van der Waals surface area contributed by atoms with E-state index in [9.17, 15) is 28.8 Å². The number of ether oxygens (including phenoxy) is 1. The SMILES string of the molecule is C[C@H]1CCCN1Cc1nc2ccc(NC(=O)c3cccc(C(=O)NCCOCCNc4ccc5c(c4)C(=O)N(C4CCC(=O)NC4=O)C5=O)c3)cc2[nH]1. The smallest absolute Gasteiger partial charge is 0.262 e. The Labute approximate surface area is 304 Å². The number of aromatic nitrogens is 2. The molecule has 4 aromatic rings. The number of fused-ring (bicyclic) bond motifs is 2. The third-order valence-electron chi connectivity index (χ3n) is 9.77. The largest absolute Gasteiger partial charge is 0.383 e. The average Bonchev–Trinajstić information content (AvgIpc) is 3.82. The van der Waals surface area contributed by atoms with Crippen molar-refractivity contribution in [3.05, 3.63) is 88.7 Å². The van der Waals surface area contributed by atoms with Crippen LogP contribution in [0.5, 0.6) is 0 Å². The van der Waals surface area contributed by atoms with Crippen molar-refractivity contribution in [3.63, 3.8) is 0 Å². The number of anilines is 2. The number of piperidine rings is 1. The molecule has 0 bridgehead atoms. The van der Waals surface area contributed by atoms with Gasteiger partial charge in [-0.2, -0.15) is 0 Å². The molecule has 15 heteroatoms. The summed E-state index contributed by atoms with van der Waals surface area (Å²) in [5, 5.41) is 11.0.